The molecule has 0 atom stereocenters. The van der Waals surface area contributed by atoms with E-state index < -0.39 is 0 Å². The van der Waals surface area contributed by atoms with Gasteiger partial charge in [-0.2, -0.15) is 0 Å². The Bertz CT molecular complexity index is 3160. The van der Waals surface area contributed by atoms with Crippen molar-refractivity contribution in [2.75, 3.05) is 0 Å². The molecule has 0 N–H and O–H groups in total. The van der Waals surface area contributed by atoms with E-state index in [1.807, 2.05) is 36.4 Å². The SMILES string of the molecule is c1ccc(-c2nc(-c3ccc(-c4ccc5ccccc5c4)cc3)nc(-c3nccc4oc5cc(-n6c7ccccc7c7ccccc76)ccc5c34)n2)cc1. The van der Waals surface area contributed by atoms with Crippen LogP contribution in [0.3, 0.4) is 0 Å². The maximum atomic E-state index is 6.56. The molecule has 4 heterocycles. The van der Waals surface area contributed by atoms with Gasteiger partial charge in [0.1, 0.15) is 16.9 Å². The van der Waals surface area contributed by atoms with Crippen LogP contribution < -0.4 is 0 Å². The molecule has 0 aliphatic rings. The van der Waals surface area contributed by atoms with Gasteiger partial charge in [-0.3, -0.25) is 4.98 Å². The van der Waals surface area contributed by atoms with Crippen LogP contribution in [0.25, 0.3) is 106 Å². The second-order valence-corrected chi connectivity index (χ2v) is 13.5. The van der Waals surface area contributed by atoms with Gasteiger partial charge in [-0.25, -0.2) is 15.0 Å². The zero-order valence-electron chi connectivity index (χ0n) is 28.9. The molecule has 252 valence electrons. The van der Waals surface area contributed by atoms with Crippen LogP contribution in [0.1, 0.15) is 0 Å². The summed E-state index contributed by atoms with van der Waals surface area (Å²) in [5, 5.41) is 6.68. The summed E-state index contributed by atoms with van der Waals surface area (Å²) in [6.07, 6.45) is 1.76. The van der Waals surface area contributed by atoms with E-state index in [1.54, 1.807) is 6.20 Å². The number of benzene rings is 7. The molecule has 0 aliphatic carbocycles. The average Bonchev–Trinajstić information content (AvgIpc) is 3.79. The minimum absolute atomic E-state index is 0.484. The van der Waals surface area contributed by atoms with E-state index in [1.165, 1.54) is 21.5 Å². The molecule has 0 radical (unpaired) electrons. The van der Waals surface area contributed by atoms with E-state index in [0.717, 1.165) is 60.9 Å². The summed E-state index contributed by atoms with van der Waals surface area (Å²) >= 11 is 0. The molecule has 0 saturated carbocycles. The first-order chi connectivity index (χ1) is 26.7. The lowest BCUT2D eigenvalue weighted by Gasteiger charge is -2.10. The first-order valence-electron chi connectivity index (χ1n) is 18.0. The fraction of sp³-hybridized carbons (Fsp3) is 0. The smallest absolute Gasteiger partial charge is 0.183 e. The highest BCUT2D eigenvalue weighted by Gasteiger charge is 2.20. The third-order valence-electron chi connectivity index (χ3n) is 10.3. The second kappa shape index (κ2) is 12.1. The fourth-order valence-electron chi connectivity index (χ4n) is 7.73. The lowest BCUT2D eigenvalue weighted by Crippen LogP contribution is -2.01. The second-order valence-electron chi connectivity index (χ2n) is 13.5. The van der Waals surface area contributed by atoms with Gasteiger partial charge in [0, 0.05) is 45.2 Å². The number of nitrogens with zero attached hydrogens (tertiary/aromatic N) is 5. The summed E-state index contributed by atoms with van der Waals surface area (Å²) in [7, 11) is 0. The molecular formula is C48H29N5O. The van der Waals surface area contributed by atoms with Crippen LogP contribution in [0.2, 0.25) is 0 Å². The Kier molecular flexibility index (Phi) is 6.75. The fourth-order valence-corrected chi connectivity index (χ4v) is 7.73. The largest absolute Gasteiger partial charge is 0.456 e. The van der Waals surface area contributed by atoms with Gasteiger partial charge in [0.05, 0.1) is 16.4 Å². The Morgan fingerprint density at radius 1 is 0.407 bits per heavy atom. The normalized spacial score (nSPS) is 11.7. The zero-order valence-corrected chi connectivity index (χ0v) is 28.9. The number of fused-ring (bicyclic) bond motifs is 7. The van der Waals surface area contributed by atoms with E-state index in [9.17, 15) is 0 Å². The van der Waals surface area contributed by atoms with Crippen molar-refractivity contribution in [3.8, 4) is 51.1 Å². The van der Waals surface area contributed by atoms with E-state index in [2.05, 4.69) is 138 Å². The van der Waals surface area contributed by atoms with Gasteiger partial charge in [-0.05, 0) is 58.3 Å². The third-order valence-corrected chi connectivity index (χ3v) is 10.3. The minimum atomic E-state index is 0.484. The summed E-state index contributed by atoms with van der Waals surface area (Å²) < 4.78 is 8.86. The summed E-state index contributed by atoms with van der Waals surface area (Å²) in [4.78, 5) is 20.0. The molecule has 54 heavy (non-hydrogen) atoms. The summed E-state index contributed by atoms with van der Waals surface area (Å²) in [5.41, 5.74) is 9.51. The van der Waals surface area contributed by atoms with Gasteiger partial charge in [0.2, 0.25) is 0 Å². The first kappa shape index (κ1) is 30.2. The van der Waals surface area contributed by atoms with Crippen molar-refractivity contribution in [1.82, 2.24) is 24.5 Å². The first-order valence-corrected chi connectivity index (χ1v) is 18.0. The highest BCUT2D eigenvalue weighted by atomic mass is 16.3. The van der Waals surface area contributed by atoms with Crippen molar-refractivity contribution in [2.24, 2.45) is 0 Å². The van der Waals surface area contributed by atoms with Crippen molar-refractivity contribution in [3.63, 3.8) is 0 Å². The van der Waals surface area contributed by atoms with E-state index in [0.29, 0.717) is 23.2 Å². The molecule has 6 heteroatoms. The molecule has 0 amide bonds. The van der Waals surface area contributed by atoms with Gasteiger partial charge in [0.15, 0.2) is 17.5 Å². The van der Waals surface area contributed by atoms with Crippen LogP contribution >= 0.6 is 0 Å². The Hall–Kier alpha value is -7.44. The molecule has 4 aromatic heterocycles. The van der Waals surface area contributed by atoms with Crippen molar-refractivity contribution in [2.45, 2.75) is 0 Å². The predicted molar refractivity (Wildman–Crippen MR) is 218 cm³/mol. The maximum Gasteiger partial charge on any atom is 0.183 e. The molecular weight excluding hydrogens is 663 g/mol. The number of hydrogen-bond acceptors (Lipinski definition) is 5. The number of hydrogen-bond donors (Lipinski definition) is 0. The zero-order chi connectivity index (χ0) is 35.6. The summed E-state index contributed by atoms with van der Waals surface area (Å²) in [6, 6.07) is 58.7. The third kappa shape index (κ3) is 4.89. The molecule has 0 aliphatic heterocycles. The van der Waals surface area contributed by atoms with Crippen LogP contribution in [0, 0.1) is 0 Å². The average molecular weight is 692 g/mol. The van der Waals surface area contributed by atoms with Gasteiger partial charge in [-0.1, -0.05) is 127 Å². The van der Waals surface area contributed by atoms with Crippen molar-refractivity contribution >= 4 is 54.5 Å². The topological polar surface area (TPSA) is 69.6 Å². The highest BCUT2D eigenvalue weighted by molar-refractivity contribution is 6.12. The van der Waals surface area contributed by atoms with Gasteiger partial charge >= 0.3 is 0 Å². The van der Waals surface area contributed by atoms with Crippen LogP contribution in [0.4, 0.5) is 0 Å². The lowest BCUT2D eigenvalue weighted by molar-refractivity contribution is 0.668. The monoisotopic (exact) mass is 691 g/mol. The summed E-state index contributed by atoms with van der Waals surface area (Å²) in [6.45, 7) is 0. The van der Waals surface area contributed by atoms with E-state index in [-0.39, 0.29) is 0 Å². The Morgan fingerprint density at radius 2 is 1.02 bits per heavy atom. The molecule has 0 fully saturated rings. The number of furan rings is 1. The van der Waals surface area contributed by atoms with Gasteiger partial charge in [-0.15, -0.1) is 0 Å². The van der Waals surface area contributed by atoms with Gasteiger partial charge in [0.25, 0.3) is 0 Å². The number of para-hydroxylation sites is 2. The lowest BCUT2D eigenvalue weighted by atomic mass is 10.00. The summed E-state index contributed by atoms with van der Waals surface area (Å²) in [5.74, 6) is 1.64. The molecule has 11 rings (SSSR count). The molecule has 0 bridgehead atoms. The molecule has 0 unspecified atom stereocenters. The van der Waals surface area contributed by atoms with E-state index >= 15 is 0 Å². The number of pyridine rings is 1. The molecule has 0 saturated heterocycles. The Morgan fingerprint density at radius 3 is 1.78 bits per heavy atom. The Balaban J connectivity index is 1.05. The van der Waals surface area contributed by atoms with Crippen LogP contribution in [0.15, 0.2) is 180 Å². The number of aromatic nitrogens is 5. The molecule has 7 aromatic carbocycles. The van der Waals surface area contributed by atoms with Crippen molar-refractivity contribution < 1.29 is 4.42 Å². The maximum absolute atomic E-state index is 6.56. The quantitative estimate of drug-likeness (QED) is 0.180. The standard InChI is InChI=1S/C48H29N5O/c1-2-11-32(12-3-1)46-50-47(33-21-18-31(19-22-33)35-23-20-30-10-4-5-13-34(30)28-35)52-48(51-46)45-44-39-25-24-36(29-43(39)54-42(44)26-27-49-45)53-40-16-8-6-14-37(40)38-15-7-9-17-41(38)53/h1-29H. The minimum Gasteiger partial charge on any atom is -0.456 e. The molecule has 11 aromatic rings. The van der Waals surface area contributed by atoms with Crippen molar-refractivity contribution in [3.05, 3.63) is 176 Å². The van der Waals surface area contributed by atoms with Gasteiger partial charge < -0.3 is 8.98 Å². The van der Waals surface area contributed by atoms with Crippen LogP contribution in [0.5, 0.6) is 0 Å². The van der Waals surface area contributed by atoms with Crippen LogP contribution in [-0.2, 0) is 0 Å². The Labute approximate surface area is 309 Å². The highest BCUT2D eigenvalue weighted by Crippen LogP contribution is 2.38. The van der Waals surface area contributed by atoms with Crippen LogP contribution in [-0.4, -0.2) is 24.5 Å². The molecule has 6 nitrogen and oxygen atoms in total. The van der Waals surface area contributed by atoms with Crippen molar-refractivity contribution in [1.29, 1.82) is 0 Å². The number of rotatable bonds is 5. The predicted octanol–water partition coefficient (Wildman–Crippen LogP) is 12.1. The van der Waals surface area contributed by atoms with E-state index in [4.69, 9.17) is 24.4 Å². The molecule has 0 spiro atoms.